The number of carbonyl (C=O) groups is 3. The molecule has 0 aromatic heterocycles. The lowest BCUT2D eigenvalue weighted by molar-refractivity contribution is -0.146. The average molecular weight is 275 g/mol. The fourth-order valence-electron chi connectivity index (χ4n) is 2.68. The maximum atomic E-state index is 12.2. The zero-order valence-corrected chi connectivity index (χ0v) is 10.8. The van der Waals surface area contributed by atoms with E-state index in [1.165, 1.54) is 12.1 Å². The quantitative estimate of drug-likeness (QED) is 0.817. The Morgan fingerprint density at radius 1 is 1.25 bits per heavy atom. The summed E-state index contributed by atoms with van der Waals surface area (Å²) in [7, 11) is 0. The predicted octanol–water partition coefficient (Wildman–Crippen LogP) is 1.11. The second kappa shape index (κ2) is 4.42. The smallest absolute Gasteiger partial charge is 0.335 e. The molecule has 2 atom stereocenters. The first-order valence-corrected chi connectivity index (χ1v) is 6.36. The summed E-state index contributed by atoms with van der Waals surface area (Å²) in [4.78, 5) is 36.5. The number of hydrogen-bond acceptors (Lipinski definition) is 4. The summed E-state index contributed by atoms with van der Waals surface area (Å²) in [5, 5.41) is 9.00. The number of fused-ring (bicyclic) bond motifs is 2. The van der Waals surface area contributed by atoms with Gasteiger partial charge in [-0.3, -0.25) is 9.59 Å². The molecule has 6 nitrogen and oxygen atoms in total. The Morgan fingerprint density at radius 3 is 2.35 bits per heavy atom. The van der Waals surface area contributed by atoms with E-state index in [1.807, 2.05) is 0 Å². The first kappa shape index (κ1) is 12.8. The number of nitrogens with zero attached hydrogens (tertiary/aromatic N) is 1. The van der Waals surface area contributed by atoms with Crippen LogP contribution < -0.4 is 4.90 Å². The maximum Gasteiger partial charge on any atom is 0.335 e. The Hall–Kier alpha value is -2.21. The van der Waals surface area contributed by atoms with Crippen molar-refractivity contribution in [3.05, 3.63) is 29.3 Å². The SMILES string of the molecule is Cc1cc(N2C(=O)C3CCC(O3)C2=O)ccc1C(=O)O. The number of aromatic carboxylic acids is 1. The summed E-state index contributed by atoms with van der Waals surface area (Å²) in [6.07, 6.45) is -0.00937. The molecule has 2 saturated heterocycles. The highest BCUT2D eigenvalue weighted by Gasteiger charge is 2.47. The number of carbonyl (C=O) groups excluding carboxylic acids is 2. The molecule has 1 N–H and O–H groups in total. The number of carboxylic acid groups (broad SMARTS) is 1. The molecule has 0 aliphatic carbocycles. The molecule has 2 unspecified atom stereocenters. The Morgan fingerprint density at radius 2 is 1.85 bits per heavy atom. The van der Waals surface area contributed by atoms with Crippen molar-refractivity contribution in [3.8, 4) is 0 Å². The van der Waals surface area contributed by atoms with Gasteiger partial charge in [0.05, 0.1) is 11.3 Å². The molecule has 2 amide bonds. The fourth-order valence-corrected chi connectivity index (χ4v) is 2.68. The van der Waals surface area contributed by atoms with Gasteiger partial charge in [-0.05, 0) is 43.5 Å². The third-order valence-corrected chi connectivity index (χ3v) is 3.71. The van der Waals surface area contributed by atoms with E-state index >= 15 is 0 Å². The van der Waals surface area contributed by atoms with E-state index in [-0.39, 0.29) is 17.4 Å². The van der Waals surface area contributed by atoms with Crippen LogP contribution in [0.25, 0.3) is 0 Å². The van der Waals surface area contributed by atoms with Crippen molar-refractivity contribution in [2.24, 2.45) is 0 Å². The fraction of sp³-hybridized carbons (Fsp3) is 0.357. The molecule has 1 aromatic rings. The van der Waals surface area contributed by atoms with Gasteiger partial charge in [-0.25, -0.2) is 9.69 Å². The Kier molecular flexibility index (Phi) is 2.83. The summed E-state index contributed by atoms with van der Waals surface area (Å²) in [5.74, 6) is -1.77. The molecular formula is C14H13NO5. The van der Waals surface area contributed by atoms with Crippen molar-refractivity contribution in [3.63, 3.8) is 0 Å². The van der Waals surface area contributed by atoms with Crippen LogP contribution in [-0.4, -0.2) is 35.1 Å². The lowest BCUT2D eigenvalue weighted by atomic mass is 10.1. The number of carboxylic acids is 1. The second-order valence-corrected chi connectivity index (χ2v) is 5.01. The molecule has 0 radical (unpaired) electrons. The van der Waals surface area contributed by atoms with E-state index in [2.05, 4.69) is 0 Å². The van der Waals surface area contributed by atoms with Crippen molar-refractivity contribution in [1.29, 1.82) is 0 Å². The molecule has 20 heavy (non-hydrogen) atoms. The van der Waals surface area contributed by atoms with Crippen LogP contribution in [0.4, 0.5) is 5.69 Å². The van der Waals surface area contributed by atoms with Crippen LogP contribution in [0, 0.1) is 6.92 Å². The second-order valence-electron chi connectivity index (χ2n) is 5.01. The minimum atomic E-state index is -1.03. The number of morpholine rings is 1. The van der Waals surface area contributed by atoms with Crippen LogP contribution in [0.3, 0.4) is 0 Å². The first-order valence-electron chi connectivity index (χ1n) is 6.36. The number of hydrogen-bond donors (Lipinski definition) is 1. The van der Waals surface area contributed by atoms with Gasteiger partial charge in [0.2, 0.25) is 0 Å². The normalized spacial score (nSPS) is 25.1. The van der Waals surface area contributed by atoms with Crippen LogP contribution >= 0.6 is 0 Å². The van der Waals surface area contributed by atoms with Crippen LogP contribution in [0.5, 0.6) is 0 Å². The topological polar surface area (TPSA) is 83.9 Å². The van der Waals surface area contributed by atoms with Crippen LogP contribution in [-0.2, 0) is 14.3 Å². The average Bonchev–Trinajstić information content (AvgIpc) is 2.83. The third-order valence-electron chi connectivity index (χ3n) is 3.71. The highest BCUT2D eigenvalue weighted by molar-refractivity contribution is 6.20. The van der Waals surface area contributed by atoms with Crippen molar-refractivity contribution in [1.82, 2.24) is 0 Å². The lowest BCUT2D eigenvalue weighted by Gasteiger charge is -2.30. The summed E-state index contributed by atoms with van der Waals surface area (Å²) in [5.41, 5.74) is 1.07. The Balaban J connectivity index is 2.00. The van der Waals surface area contributed by atoms with Gasteiger partial charge < -0.3 is 9.84 Å². The zero-order valence-electron chi connectivity index (χ0n) is 10.8. The van der Waals surface area contributed by atoms with Gasteiger partial charge in [-0.1, -0.05) is 0 Å². The van der Waals surface area contributed by atoms with Crippen LogP contribution in [0.15, 0.2) is 18.2 Å². The minimum absolute atomic E-state index is 0.157. The molecule has 2 bridgehead atoms. The molecule has 3 rings (SSSR count). The molecule has 1 aromatic carbocycles. The van der Waals surface area contributed by atoms with Gasteiger partial charge in [-0.15, -0.1) is 0 Å². The van der Waals surface area contributed by atoms with E-state index in [1.54, 1.807) is 13.0 Å². The van der Waals surface area contributed by atoms with Gasteiger partial charge in [0.1, 0.15) is 12.2 Å². The number of amides is 2. The molecule has 2 aliphatic rings. The standard InChI is InChI=1S/C14H13NO5/c1-7-6-8(2-3-9(7)14(18)19)15-12(16)10-4-5-11(20-10)13(15)17/h2-3,6,10-11H,4-5H2,1H3,(H,18,19). The van der Waals surface area contributed by atoms with E-state index in [0.717, 1.165) is 4.90 Å². The number of rotatable bonds is 2. The Labute approximate surface area is 114 Å². The number of imide groups is 1. The summed E-state index contributed by atoms with van der Waals surface area (Å²) in [6, 6.07) is 4.44. The number of benzene rings is 1. The van der Waals surface area contributed by atoms with E-state index < -0.39 is 18.2 Å². The van der Waals surface area contributed by atoms with E-state index in [4.69, 9.17) is 9.84 Å². The molecule has 2 heterocycles. The van der Waals surface area contributed by atoms with Crippen LogP contribution in [0.1, 0.15) is 28.8 Å². The molecule has 0 saturated carbocycles. The predicted molar refractivity (Wildman–Crippen MR) is 68.5 cm³/mol. The van der Waals surface area contributed by atoms with Gasteiger partial charge in [0, 0.05) is 0 Å². The largest absolute Gasteiger partial charge is 0.478 e. The van der Waals surface area contributed by atoms with Gasteiger partial charge in [0.15, 0.2) is 0 Å². The molecule has 2 aliphatic heterocycles. The van der Waals surface area contributed by atoms with Gasteiger partial charge in [0.25, 0.3) is 11.8 Å². The maximum absolute atomic E-state index is 12.2. The van der Waals surface area contributed by atoms with Crippen molar-refractivity contribution in [2.45, 2.75) is 32.0 Å². The lowest BCUT2D eigenvalue weighted by Crippen LogP contribution is -2.52. The Bertz CT molecular complexity index is 602. The molecule has 104 valence electrons. The van der Waals surface area contributed by atoms with Crippen molar-refractivity contribution >= 4 is 23.5 Å². The number of aryl methyl sites for hydroxylation is 1. The van der Waals surface area contributed by atoms with Gasteiger partial charge in [-0.2, -0.15) is 0 Å². The van der Waals surface area contributed by atoms with E-state index in [9.17, 15) is 14.4 Å². The molecular weight excluding hydrogens is 262 g/mol. The number of anilines is 1. The van der Waals surface area contributed by atoms with E-state index in [0.29, 0.717) is 24.1 Å². The first-order chi connectivity index (χ1) is 9.49. The summed E-state index contributed by atoms with van der Waals surface area (Å²) < 4.78 is 5.33. The number of ether oxygens (including phenoxy) is 1. The highest BCUT2D eigenvalue weighted by atomic mass is 16.5. The summed E-state index contributed by atoms with van der Waals surface area (Å²) >= 11 is 0. The monoisotopic (exact) mass is 275 g/mol. The zero-order chi connectivity index (χ0) is 14.4. The molecule has 6 heteroatoms. The third kappa shape index (κ3) is 1.80. The van der Waals surface area contributed by atoms with Crippen molar-refractivity contribution < 1.29 is 24.2 Å². The van der Waals surface area contributed by atoms with Crippen LogP contribution in [0.2, 0.25) is 0 Å². The van der Waals surface area contributed by atoms with Gasteiger partial charge >= 0.3 is 5.97 Å². The highest BCUT2D eigenvalue weighted by Crippen LogP contribution is 2.32. The summed E-state index contributed by atoms with van der Waals surface area (Å²) in [6.45, 7) is 1.64. The minimum Gasteiger partial charge on any atom is -0.478 e. The molecule has 2 fully saturated rings. The molecule has 0 spiro atoms. The van der Waals surface area contributed by atoms with Crippen molar-refractivity contribution in [2.75, 3.05) is 4.90 Å².